The summed E-state index contributed by atoms with van der Waals surface area (Å²) < 4.78 is 0. The van der Waals surface area contributed by atoms with Crippen molar-refractivity contribution in [1.29, 1.82) is 0 Å². The summed E-state index contributed by atoms with van der Waals surface area (Å²) in [5, 5.41) is 3.09. The molecule has 57 heavy (non-hydrogen) atoms. The van der Waals surface area contributed by atoms with E-state index in [0.717, 1.165) is 0 Å². The number of hydrogen-bond donors (Lipinski definition) is 0. The van der Waals surface area contributed by atoms with Gasteiger partial charge in [0.25, 0.3) is 0 Å². The molecular weight excluding hydrogens is 723 g/mol. The van der Waals surface area contributed by atoms with Gasteiger partial charge in [0.05, 0.1) is 0 Å². The van der Waals surface area contributed by atoms with E-state index in [2.05, 4.69) is 81.2 Å². The SMILES string of the molecule is CCCCCCCCCCCCCCCC[PH](C)(CCCCCCCCCCCCCCCC)CCCCCCCCCCP(c1ccccc1)c1ccccc1. The Morgan fingerprint density at radius 2 is 0.526 bits per heavy atom. The summed E-state index contributed by atoms with van der Waals surface area (Å²) >= 11 is 0. The molecule has 0 saturated heterocycles. The van der Waals surface area contributed by atoms with Crippen molar-refractivity contribution >= 4 is 25.8 Å². The third-order valence-electron chi connectivity index (χ3n) is 13.3. The van der Waals surface area contributed by atoms with Crippen molar-refractivity contribution in [2.75, 3.05) is 31.3 Å². The van der Waals surface area contributed by atoms with Gasteiger partial charge in [0, 0.05) is 0 Å². The van der Waals surface area contributed by atoms with Crippen molar-refractivity contribution in [2.24, 2.45) is 0 Å². The van der Waals surface area contributed by atoms with Gasteiger partial charge in [0.2, 0.25) is 0 Å². The van der Waals surface area contributed by atoms with Crippen LogP contribution in [-0.2, 0) is 0 Å². The third-order valence-corrected chi connectivity index (χ3v) is 20.6. The fourth-order valence-electron chi connectivity index (χ4n) is 9.37. The van der Waals surface area contributed by atoms with Crippen LogP contribution in [0.3, 0.4) is 0 Å². The molecule has 2 aromatic rings. The van der Waals surface area contributed by atoms with Gasteiger partial charge in [-0.2, -0.15) is 0 Å². The summed E-state index contributed by atoms with van der Waals surface area (Å²) in [5.74, 6) is 0. The van der Waals surface area contributed by atoms with E-state index in [1.165, 1.54) is 237 Å². The zero-order valence-electron chi connectivity index (χ0n) is 39.0. The van der Waals surface area contributed by atoms with E-state index in [4.69, 9.17) is 0 Å². The van der Waals surface area contributed by atoms with E-state index in [9.17, 15) is 0 Å². The van der Waals surface area contributed by atoms with Crippen molar-refractivity contribution in [3.63, 3.8) is 0 Å². The minimum atomic E-state index is -1.11. The average Bonchev–Trinajstić information content (AvgIpc) is 3.24. The monoisotopic (exact) mass is 823 g/mol. The summed E-state index contributed by atoms with van der Waals surface area (Å²) in [6.07, 6.45) is 59.2. The van der Waals surface area contributed by atoms with E-state index < -0.39 is 7.26 Å². The molecule has 0 aromatic heterocycles. The van der Waals surface area contributed by atoms with Crippen LogP contribution in [0.15, 0.2) is 60.7 Å². The summed E-state index contributed by atoms with van der Waals surface area (Å²) in [5.41, 5.74) is 0. The van der Waals surface area contributed by atoms with Gasteiger partial charge >= 0.3 is 250 Å². The van der Waals surface area contributed by atoms with E-state index in [-0.39, 0.29) is 7.92 Å². The molecule has 2 aromatic carbocycles. The van der Waals surface area contributed by atoms with Gasteiger partial charge in [-0.3, -0.25) is 0 Å². The van der Waals surface area contributed by atoms with Crippen molar-refractivity contribution in [2.45, 2.75) is 245 Å². The first-order valence-corrected chi connectivity index (χ1v) is 30.7. The Hall–Kier alpha value is -0.700. The standard InChI is InChI=1S/C55H100P2/c1-4-6-8-10-12-14-16-18-20-22-25-29-33-43-51-57(3,52-44-34-30-26-23-21-19-17-15-13-11-9-7-5-2)53-45-35-31-27-24-28-32-42-50-56(54-46-38-36-39-47-54)55-48-40-37-41-49-55/h36-41,46-49,57H,4-35,42-45,50-53H2,1-3H3. The van der Waals surface area contributed by atoms with Crippen LogP contribution in [0.2, 0.25) is 0 Å². The molecule has 0 heterocycles. The Balaban J connectivity index is 1.59. The number of hydrogen-bond acceptors (Lipinski definition) is 0. The van der Waals surface area contributed by atoms with Crippen LogP contribution in [0, 0.1) is 0 Å². The first-order chi connectivity index (χ1) is 28.2. The second-order valence-corrected chi connectivity index (χ2v) is 26.4. The van der Waals surface area contributed by atoms with Gasteiger partial charge in [0.15, 0.2) is 0 Å². The minimum absolute atomic E-state index is 0.219. The van der Waals surface area contributed by atoms with Gasteiger partial charge in [-0.1, -0.05) is 113 Å². The van der Waals surface area contributed by atoms with Gasteiger partial charge < -0.3 is 0 Å². The molecule has 0 nitrogen and oxygen atoms in total. The van der Waals surface area contributed by atoms with Crippen molar-refractivity contribution in [1.82, 2.24) is 0 Å². The van der Waals surface area contributed by atoms with Crippen molar-refractivity contribution in [3.05, 3.63) is 60.7 Å². The first-order valence-electron chi connectivity index (χ1n) is 26.1. The van der Waals surface area contributed by atoms with Gasteiger partial charge in [-0.05, 0) is 0 Å². The molecule has 0 bridgehead atoms. The molecule has 0 spiro atoms. The predicted molar refractivity (Wildman–Crippen MR) is 270 cm³/mol. The van der Waals surface area contributed by atoms with Crippen molar-refractivity contribution in [3.8, 4) is 0 Å². The summed E-state index contributed by atoms with van der Waals surface area (Å²) in [7, 11) is -1.33. The molecule has 0 radical (unpaired) electrons. The van der Waals surface area contributed by atoms with Crippen LogP contribution in [0.1, 0.15) is 245 Å². The Morgan fingerprint density at radius 1 is 0.298 bits per heavy atom. The minimum Gasteiger partial charge on any atom is -0.0622 e. The average molecular weight is 823 g/mol. The quantitative estimate of drug-likeness (QED) is 0.0462. The normalized spacial score (nSPS) is 12.2. The molecule has 330 valence electrons. The van der Waals surface area contributed by atoms with E-state index in [1.54, 1.807) is 29.1 Å². The van der Waals surface area contributed by atoms with Crippen LogP contribution in [0.4, 0.5) is 0 Å². The molecule has 0 unspecified atom stereocenters. The molecule has 0 atom stereocenters. The van der Waals surface area contributed by atoms with Crippen molar-refractivity contribution < 1.29 is 0 Å². The van der Waals surface area contributed by atoms with E-state index in [0.29, 0.717) is 0 Å². The number of unbranched alkanes of at least 4 members (excludes halogenated alkanes) is 33. The molecule has 0 aliphatic heterocycles. The van der Waals surface area contributed by atoms with Crippen LogP contribution in [0.5, 0.6) is 0 Å². The molecule has 0 saturated carbocycles. The Kier molecular flexibility index (Phi) is 36.3. The predicted octanol–water partition coefficient (Wildman–Crippen LogP) is 18.6. The molecule has 0 fully saturated rings. The van der Waals surface area contributed by atoms with Crippen LogP contribution in [-0.4, -0.2) is 31.3 Å². The molecule has 2 heteroatoms. The Morgan fingerprint density at radius 3 is 0.789 bits per heavy atom. The van der Waals surface area contributed by atoms with Crippen LogP contribution in [0.25, 0.3) is 0 Å². The zero-order valence-corrected chi connectivity index (χ0v) is 40.9. The molecule has 0 N–H and O–H groups in total. The fourth-order valence-corrected chi connectivity index (χ4v) is 15.9. The Labute approximate surface area is 361 Å². The number of rotatable bonds is 43. The number of benzene rings is 2. The Bertz CT molecular complexity index is 995. The maximum absolute atomic E-state index is 2.83. The summed E-state index contributed by atoms with van der Waals surface area (Å²) in [6, 6.07) is 22.6. The summed E-state index contributed by atoms with van der Waals surface area (Å²) in [4.78, 5) is 0. The smallest absolute Gasteiger partial charge is 0.0622 e. The second kappa shape index (κ2) is 39.4. The molecular formula is C55H100P2. The van der Waals surface area contributed by atoms with Gasteiger partial charge in [-0.15, -0.1) is 0 Å². The molecule has 2 rings (SSSR count). The third kappa shape index (κ3) is 30.9. The maximum atomic E-state index is 2.83. The second-order valence-electron chi connectivity index (χ2n) is 18.9. The molecule has 0 amide bonds. The van der Waals surface area contributed by atoms with Gasteiger partial charge in [0.1, 0.15) is 0 Å². The topological polar surface area (TPSA) is 0 Å². The van der Waals surface area contributed by atoms with E-state index in [1.807, 2.05) is 0 Å². The first kappa shape index (κ1) is 52.4. The van der Waals surface area contributed by atoms with E-state index >= 15 is 0 Å². The molecule has 0 aliphatic carbocycles. The van der Waals surface area contributed by atoms with Gasteiger partial charge in [-0.25, -0.2) is 0 Å². The van der Waals surface area contributed by atoms with Crippen LogP contribution >= 0.6 is 15.2 Å². The fraction of sp³-hybridized carbons (Fsp3) is 0.782. The summed E-state index contributed by atoms with van der Waals surface area (Å²) in [6.45, 7) is 7.48. The van der Waals surface area contributed by atoms with Crippen LogP contribution < -0.4 is 10.6 Å². The molecule has 0 aliphatic rings. The zero-order chi connectivity index (χ0) is 40.6.